The molecule has 142 valence electrons. The van der Waals surface area contributed by atoms with Gasteiger partial charge < -0.3 is 9.88 Å². The summed E-state index contributed by atoms with van der Waals surface area (Å²) in [6.07, 6.45) is 3.53. The topological polar surface area (TPSA) is 60.6 Å². The summed E-state index contributed by atoms with van der Waals surface area (Å²) in [4.78, 5) is 7.84. The zero-order valence-electron chi connectivity index (χ0n) is 14.5. The molecule has 1 N–H and O–H groups in total. The van der Waals surface area contributed by atoms with Crippen LogP contribution in [0.4, 0.5) is 19.0 Å². The lowest BCUT2D eigenvalue weighted by Gasteiger charge is -2.11. The quantitative estimate of drug-likeness (QED) is 0.563. The third-order valence-corrected chi connectivity index (χ3v) is 4.11. The van der Waals surface area contributed by atoms with Crippen molar-refractivity contribution < 1.29 is 13.2 Å². The highest BCUT2D eigenvalue weighted by atomic mass is 19.4. The first-order chi connectivity index (χ1) is 13.5. The molecule has 0 aliphatic rings. The summed E-state index contributed by atoms with van der Waals surface area (Å²) in [7, 11) is 0. The van der Waals surface area contributed by atoms with E-state index < -0.39 is 11.7 Å². The Labute approximate surface area is 158 Å². The van der Waals surface area contributed by atoms with Crippen LogP contribution in [0, 0.1) is 0 Å². The lowest BCUT2D eigenvalue weighted by Crippen LogP contribution is -2.12. The third-order valence-electron chi connectivity index (χ3n) is 4.11. The van der Waals surface area contributed by atoms with Crippen molar-refractivity contribution in [2.45, 2.75) is 12.7 Å². The van der Waals surface area contributed by atoms with Crippen LogP contribution in [-0.4, -0.2) is 24.3 Å². The van der Waals surface area contributed by atoms with Gasteiger partial charge in [-0.15, -0.1) is 5.10 Å². The van der Waals surface area contributed by atoms with E-state index in [-0.39, 0.29) is 5.82 Å². The molecule has 3 aromatic heterocycles. The summed E-state index contributed by atoms with van der Waals surface area (Å²) in [6, 6.07) is 11.7. The molecule has 0 aliphatic carbocycles. The van der Waals surface area contributed by atoms with Crippen LogP contribution in [0.2, 0.25) is 0 Å². The molecule has 0 saturated heterocycles. The maximum Gasteiger partial charge on any atom is 0.420 e. The summed E-state index contributed by atoms with van der Waals surface area (Å²) in [5.74, 6) is 0.199. The number of benzene rings is 1. The van der Waals surface area contributed by atoms with Crippen molar-refractivity contribution in [3.8, 4) is 11.5 Å². The molecule has 4 aromatic rings. The third kappa shape index (κ3) is 3.73. The van der Waals surface area contributed by atoms with Crippen molar-refractivity contribution in [2.24, 2.45) is 0 Å². The molecule has 0 radical (unpaired) electrons. The van der Waals surface area contributed by atoms with Crippen molar-refractivity contribution in [1.82, 2.24) is 24.3 Å². The predicted molar refractivity (Wildman–Crippen MR) is 97.3 cm³/mol. The molecular formula is C19H15F3N6. The van der Waals surface area contributed by atoms with E-state index in [2.05, 4.69) is 20.4 Å². The van der Waals surface area contributed by atoms with Crippen LogP contribution >= 0.6 is 0 Å². The summed E-state index contributed by atoms with van der Waals surface area (Å²) < 4.78 is 42.4. The van der Waals surface area contributed by atoms with Gasteiger partial charge in [0.25, 0.3) is 0 Å². The van der Waals surface area contributed by atoms with E-state index in [1.165, 1.54) is 18.5 Å². The zero-order valence-corrected chi connectivity index (χ0v) is 14.5. The van der Waals surface area contributed by atoms with Crippen LogP contribution in [0.5, 0.6) is 0 Å². The smallest absolute Gasteiger partial charge is 0.365 e. The van der Waals surface area contributed by atoms with E-state index in [1.54, 1.807) is 18.6 Å². The highest BCUT2D eigenvalue weighted by Gasteiger charge is 2.34. The van der Waals surface area contributed by atoms with Gasteiger partial charge in [-0.25, -0.2) is 14.6 Å². The Morgan fingerprint density at radius 1 is 0.964 bits per heavy atom. The summed E-state index contributed by atoms with van der Waals surface area (Å²) in [5, 5.41) is 7.26. The normalized spacial score (nSPS) is 11.5. The van der Waals surface area contributed by atoms with Crippen molar-refractivity contribution in [1.29, 1.82) is 0 Å². The monoisotopic (exact) mass is 384 g/mol. The number of halogens is 3. The second-order valence-corrected chi connectivity index (χ2v) is 6.01. The van der Waals surface area contributed by atoms with Crippen LogP contribution in [0.25, 0.3) is 11.5 Å². The van der Waals surface area contributed by atoms with Crippen molar-refractivity contribution in [3.63, 3.8) is 0 Å². The first kappa shape index (κ1) is 17.8. The molecule has 28 heavy (non-hydrogen) atoms. The first-order valence-corrected chi connectivity index (χ1v) is 8.40. The molecule has 1 aromatic carbocycles. The summed E-state index contributed by atoms with van der Waals surface area (Å²) >= 11 is 0. The Morgan fingerprint density at radius 3 is 2.50 bits per heavy atom. The lowest BCUT2D eigenvalue weighted by atomic mass is 10.2. The van der Waals surface area contributed by atoms with E-state index in [0.717, 1.165) is 22.0 Å². The molecule has 6 nitrogen and oxygen atoms in total. The predicted octanol–water partition coefficient (Wildman–Crippen LogP) is 4.08. The Kier molecular flexibility index (Phi) is 4.56. The number of nitrogens with one attached hydrogen (secondary N) is 1. The molecule has 0 bridgehead atoms. The minimum absolute atomic E-state index is 0.257. The van der Waals surface area contributed by atoms with Gasteiger partial charge in [0, 0.05) is 43.1 Å². The molecule has 9 heteroatoms. The van der Waals surface area contributed by atoms with E-state index in [4.69, 9.17) is 0 Å². The molecule has 4 rings (SSSR count). The maximum atomic E-state index is 13.1. The van der Waals surface area contributed by atoms with Gasteiger partial charge in [-0.3, -0.25) is 0 Å². The molecular weight excluding hydrogens is 369 g/mol. The largest absolute Gasteiger partial charge is 0.420 e. The van der Waals surface area contributed by atoms with Crippen LogP contribution < -0.4 is 5.32 Å². The van der Waals surface area contributed by atoms with E-state index in [9.17, 15) is 13.2 Å². The number of imidazole rings is 1. The molecule has 3 heterocycles. The number of hydrogen-bond acceptors (Lipinski definition) is 4. The Balaban J connectivity index is 1.46. The first-order valence-electron chi connectivity index (χ1n) is 8.40. The van der Waals surface area contributed by atoms with Gasteiger partial charge in [0.05, 0.1) is 6.33 Å². The zero-order chi connectivity index (χ0) is 19.6. The fourth-order valence-corrected chi connectivity index (χ4v) is 2.73. The maximum absolute atomic E-state index is 13.1. The van der Waals surface area contributed by atoms with Crippen LogP contribution in [0.3, 0.4) is 0 Å². The standard InChI is InChI=1S/C19H15F3N6/c20-19(21,22)16-2-1-8-24-18(16)28-10-7-17(26-28)25-12-14-3-5-15(6-4-14)27-11-9-23-13-27/h1-11,13H,12H2,(H,25,26). The van der Waals surface area contributed by atoms with Gasteiger partial charge in [0.1, 0.15) is 11.4 Å². The summed E-state index contributed by atoms with van der Waals surface area (Å²) in [5.41, 5.74) is 1.16. The number of anilines is 1. The number of alkyl halides is 3. The number of pyridine rings is 1. The minimum atomic E-state index is -4.50. The van der Waals surface area contributed by atoms with Gasteiger partial charge in [0.2, 0.25) is 0 Å². The second-order valence-electron chi connectivity index (χ2n) is 6.01. The van der Waals surface area contributed by atoms with Gasteiger partial charge in [0.15, 0.2) is 5.82 Å². The fourth-order valence-electron chi connectivity index (χ4n) is 2.73. The molecule has 0 aliphatic heterocycles. The van der Waals surface area contributed by atoms with Gasteiger partial charge in [-0.05, 0) is 29.8 Å². The SMILES string of the molecule is FC(F)(F)c1cccnc1-n1ccc(NCc2ccc(-n3ccnc3)cc2)n1. The van der Waals surface area contributed by atoms with Crippen molar-refractivity contribution >= 4 is 5.82 Å². The Morgan fingerprint density at radius 2 is 1.79 bits per heavy atom. The average molecular weight is 384 g/mol. The summed E-state index contributed by atoms with van der Waals surface area (Å²) in [6.45, 7) is 0.482. The van der Waals surface area contributed by atoms with Crippen LogP contribution in [-0.2, 0) is 12.7 Å². The van der Waals surface area contributed by atoms with Crippen molar-refractivity contribution in [2.75, 3.05) is 5.32 Å². The molecule has 0 saturated carbocycles. The fraction of sp³-hybridized carbons (Fsp3) is 0.105. The van der Waals surface area contributed by atoms with Gasteiger partial charge in [-0.1, -0.05) is 12.1 Å². The Hall–Kier alpha value is -3.62. The molecule has 0 fully saturated rings. The van der Waals surface area contributed by atoms with Crippen LogP contribution in [0.1, 0.15) is 11.1 Å². The van der Waals surface area contributed by atoms with Gasteiger partial charge in [-0.2, -0.15) is 13.2 Å². The van der Waals surface area contributed by atoms with Crippen molar-refractivity contribution in [3.05, 3.63) is 84.7 Å². The highest BCUT2D eigenvalue weighted by Crippen LogP contribution is 2.32. The molecule has 0 amide bonds. The van der Waals surface area contributed by atoms with Crippen LogP contribution in [0.15, 0.2) is 73.6 Å². The van der Waals surface area contributed by atoms with E-state index in [0.29, 0.717) is 12.4 Å². The number of hydrogen-bond donors (Lipinski definition) is 1. The Bertz CT molecular complexity index is 1050. The van der Waals surface area contributed by atoms with E-state index in [1.807, 2.05) is 35.0 Å². The number of aromatic nitrogens is 5. The molecule has 0 atom stereocenters. The highest BCUT2D eigenvalue weighted by molar-refractivity contribution is 5.41. The average Bonchev–Trinajstić information content (AvgIpc) is 3.38. The lowest BCUT2D eigenvalue weighted by molar-refractivity contribution is -0.137. The minimum Gasteiger partial charge on any atom is -0.365 e. The number of nitrogens with zero attached hydrogens (tertiary/aromatic N) is 5. The second kappa shape index (κ2) is 7.18. The van der Waals surface area contributed by atoms with E-state index >= 15 is 0 Å². The number of rotatable bonds is 5. The molecule has 0 unspecified atom stereocenters. The van der Waals surface area contributed by atoms with Gasteiger partial charge >= 0.3 is 6.18 Å². The molecule has 0 spiro atoms.